The zero-order valence-corrected chi connectivity index (χ0v) is 57.5. The van der Waals surface area contributed by atoms with Crippen molar-refractivity contribution in [2.45, 2.75) is 365 Å². The number of methoxy groups -OCH3 is 1. The normalized spacial score (nSPS) is 24.2. The molecule has 19 nitrogen and oxygen atoms in total. The highest BCUT2D eigenvalue weighted by molar-refractivity contribution is 7.46. The number of unbranched alkanes of at least 4 members (excludes halogenated alkanes) is 31. The summed E-state index contributed by atoms with van der Waals surface area (Å²) in [5, 5.41) is 26.2. The molecule has 88 heavy (non-hydrogen) atoms. The van der Waals surface area contributed by atoms with Crippen molar-refractivity contribution in [3.8, 4) is 0 Å². The number of hydrogen-bond acceptors (Lipinski definition) is 14. The number of carbonyl (C=O) groups excluding carboxylic acids is 1. The summed E-state index contributed by atoms with van der Waals surface area (Å²) in [4.78, 5) is 54.1. The Morgan fingerprint density at radius 3 is 1.48 bits per heavy atom. The predicted molar refractivity (Wildman–Crippen MR) is 349 cm³/mol. The van der Waals surface area contributed by atoms with Crippen LogP contribution in [0, 0.1) is 0 Å². The van der Waals surface area contributed by atoms with E-state index in [1.54, 1.807) is 7.11 Å². The van der Waals surface area contributed by atoms with E-state index in [9.17, 15) is 43.7 Å². The summed E-state index contributed by atoms with van der Waals surface area (Å²) < 4.78 is 97.7. The maximum absolute atomic E-state index is 14.1. The van der Waals surface area contributed by atoms with Crippen molar-refractivity contribution in [3.63, 3.8) is 0 Å². The molecule has 0 aliphatic carbocycles. The first kappa shape index (κ1) is 79.5. The van der Waals surface area contributed by atoms with Gasteiger partial charge in [0, 0.05) is 39.7 Å². The smallest absolute Gasteiger partial charge is 0.394 e. The van der Waals surface area contributed by atoms with E-state index in [0.29, 0.717) is 38.5 Å². The van der Waals surface area contributed by atoms with Crippen LogP contribution in [0.5, 0.6) is 0 Å². The van der Waals surface area contributed by atoms with Crippen LogP contribution in [-0.4, -0.2) is 150 Å². The van der Waals surface area contributed by atoms with E-state index in [-0.39, 0.29) is 25.6 Å². The maximum Gasteiger partial charge on any atom is 0.470 e. The van der Waals surface area contributed by atoms with Crippen LogP contribution in [0.3, 0.4) is 0 Å². The van der Waals surface area contributed by atoms with E-state index in [1.807, 2.05) is 0 Å². The summed E-state index contributed by atoms with van der Waals surface area (Å²) in [6.07, 6.45) is 32.2. The number of ether oxygens (including phenoxy) is 7. The quantitative estimate of drug-likeness (QED) is 0.0169. The molecule has 2 rings (SSSR count). The number of aliphatic hydroxyl groups excluding tert-OH is 2. The van der Waals surface area contributed by atoms with Crippen LogP contribution in [0.25, 0.3) is 0 Å². The third kappa shape index (κ3) is 41.7. The molecular formula is C67H131NO18P2. The minimum absolute atomic E-state index is 0.00158. The van der Waals surface area contributed by atoms with Crippen molar-refractivity contribution in [1.82, 2.24) is 5.32 Å². The highest BCUT2D eigenvalue weighted by Crippen LogP contribution is 2.43. The number of nitrogens with one attached hydrogen (secondary N) is 1. The average molecular weight is 1300 g/mol. The van der Waals surface area contributed by atoms with E-state index >= 15 is 0 Å². The van der Waals surface area contributed by atoms with Crippen molar-refractivity contribution >= 4 is 21.6 Å². The summed E-state index contributed by atoms with van der Waals surface area (Å²) >= 11 is 0. The molecule has 0 aromatic carbocycles. The highest BCUT2D eigenvalue weighted by Gasteiger charge is 2.52. The minimum Gasteiger partial charge on any atom is -0.394 e. The first-order valence-corrected chi connectivity index (χ1v) is 38.4. The molecule has 0 spiro atoms. The standard InChI is InChI=1S/C67H131NO18P2/c1-6-10-14-18-21-24-27-28-29-30-31-32-35-39-43-47-60(70)68-61-65(81-52-48-56(78-5)46-42-38-17-13-9-4)64(86-88(75,76)77)58(54-69)85-67(61)82-55-59-62(71)66(80-51-45-41-37-34-26-23-20-16-12-8-3)63(57(84-59)49-53-83-87(72,73)74)79-50-44-40-36-33-25-22-19-15-11-7-2/h24,27,56-59,61-67,69,71H,6-23,25-26,28-55H2,1-5H3,(H,68,70)(H2,72,73,74)(H2,75,76,77)/b27-24-/t56-,57?,58-,59-,61-,62-,63+,64-,65-,66+,67-/m1/s1/i50D,51D/t50?,51?,56-,57?,58-,59-,61-,62-,63+,64-,65-,66+,67-. The van der Waals surface area contributed by atoms with Gasteiger partial charge in [-0.3, -0.25) is 13.8 Å². The number of aliphatic hydroxyl groups is 2. The fourth-order valence-electron chi connectivity index (χ4n) is 11.7. The monoisotopic (exact) mass is 1300 g/mol. The molecule has 2 aliphatic heterocycles. The second kappa shape index (κ2) is 54.3. The molecule has 0 bridgehead atoms. The zero-order valence-electron chi connectivity index (χ0n) is 57.7. The van der Waals surface area contributed by atoms with Crippen molar-refractivity contribution < 1.29 is 88.7 Å². The van der Waals surface area contributed by atoms with Gasteiger partial charge in [-0.25, -0.2) is 9.13 Å². The van der Waals surface area contributed by atoms with Gasteiger partial charge in [-0.2, -0.15) is 0 Å². The number of hydrogen-bond donors (Lipinski definition) is 7. The molecule has 0 saturated carbocycles. The Bertz CT molecular complexity index is 1830. The maximum atomic E-state index is 14.1. The third-order valence-electron chi connectivity index (χ3n) is 17.0. The second-order valence-corrected chi connectivity index (χ2v) is 27.2. The third-order valence-corrected chi connectivity index (χ3v) is 18.0. The number of phosphoric ester groups is 2. The van der Waals surface area contributed by atoms with Crippen LogP contribution in [-0.2, 0) is 56.1 Å². The number of rotatable bonds is 61. The lowest BCUT2D eigenvalue weighted by Crippen LogP contribution is -2.66. The lowest BCUT2D eigenvalue weighted by Gasteiger charge is -2.47. The summed E-state index contributed by atoms with van der Waals surface area (Å²) in [7, 11) is -8.64. The van der Waals surface area contributed by atoms with Gasteiger partial charge in [-0.05, 0) is 57.8 Å². The Labute approximate surface area is 537 Å². The minimum atomic E-state index is -5.29. The van der Waals surface area contributed by atoms with Crippen LogP contribution >= 0.6 is 15.6 Å². The SMILES string of the molecule is [2H]C(CCCCCCCCCCC)O[C@H]1[C@H](O)[C@@H](CO[C@@H]2O[C@H](CO)[C@@H](OP(=O)(O)O)[C@H](OCC[C@@H](CCCCCCC)OC)[C@H]2NC(=O)CCCCCCCCC/C=C\CCCCCC)OC(CCOP(=O)(O)O)[C@@H]1OC([2H])CCCCCCCCCCC. The first-order valence-electron chi connectivity index (χ1n) is 36.5. The Morgan fingerprint density at radius 1 is 0.523 bits per heavy atom. The van der Waals surface area contributed by atoms with Crippen molar-refractivity contribution in [1.29, 1.82) is 0 Å². The predicted octanol–water partition coefficient (Wildman–Crippen LogP) is 15.1. The van der Waals surface area contributed by atoms with Crippen molar-refractivity contribution in [2.24, 2.45) is 0 Å². The van der Waals surface area contributed by atoms with E-state index in [4.69, 9.17) is 44.9 Å². The molecule has 2 heterocycles. The molecule has 2 fully saturated rings. The summed E-state index contributed by atoms with van der Waals surface area (Å²) in [6.45, 7) is 4.71. The fraction of sp³-hybridized carbons (Fsp3) is 0.955. The van der Waals surface area contributed by atoms with Gasteiger partial charge in [0.1, 0.15) is 48.8 Å². The molecule has 0 radical (unpaired) electrons. The van der Waals surface area contributed by atoms with E-state index < -0.39 is 116 Å². The molecule has 7 N–H and O–H groups in total. The van der Waals surface area contributed by atoms with Gasteiger partial charge in [-0.15, -0.1) is 0 Å². The molecule has 522 valence electrons. The Hall–Kier alpha value is -0.930. The summed E-state index contributed by atoms with van der Waals surface area (Å²) in [5.41, 5.74) is 0. The number of phosphoric acid groups is 2. The van der Waals surface area contributed by atoms with Crippen LogP contribution in [0.15, 0.2) is 12.2 Å². The second-order valence-electron chi connectivity index (χ2n) is 24.8. The van der Waals surface area contributed by atoms with Gasteiger partial charge in [0.05, 0.1) is 34.8 Å². The lowest BCUT2D eigenvalue weighted by molar-refractivity contribution is -0.298. The molecular weight excluding hydrogens is 1170 g/mol. The molecule has 0 aromatic rings. The van der Waals surface area contributed by atoms with Gasteiger partial charge in [0.2, 0.25) is 5.91 Å². The average Bonchev–Trinajstić information content (AvgIpc) is 0.863. The Kier molecular flexibility index (Phi) is 49.1. The molecule has 3 unspecified atom stereocenters. The molecule has 13 atom stereocenters. The Balaban J connectivity index is 2.47. The number of allylic oxidation sites excluding steroid dienone is 2. The number of carbonyl (C=O) groups is 1. The van der Waals surface area contributed by atoms with E-state index in [2.05, 4.69) is 45.2 Å². The van der Waals surface area contributed by atoms with Gasteiger partial charge in [0.15, 0.2) is 6.29 Å². The molecule has 2 aliphatic rings. The first-order chi connectivity index (χ1) is 43.4. The summed E-state index contributed by atoms with van der Waals surface area (Å²) in [6, 6.07) is -1.31. The fourth-order valence-corrected chi connectivity index (χ4v) is 12.7. The Morgan fingerprint density at radius 2 is 0.989 bits per heavy atom. The summed E-state index contributed by atoms with van der Waals surface area (Å²) in [5.74, 6) is -0.417. The highest BCUT2D eigenvalue weighted by atomic mass is 31.2. The van der Waals surface area contributed by atoms with Crippen molar-refractivity contribution in [2.75, 3.05) is 46.7 Å². The largest absolute Gasteiger partial charge is 0.470 e. The van der Waals surface area contributed by atoms with Gasteiger partial charge >= 0.3 is 15.6 Å². The lowest BCUT2D eigenvalue weighted by atomic mass is 9.92. The molecule has 1 amide bonds. The van der Waals surface area contributed by atoms with Crippen molar-refractivity contribution in [3.05, 3.63) is 12.2 Å². The molecule has 2 saturated heterocycles. The van der Waals surface area contributed by atoms with Gasteiger partial charge < -0.3 is 68.3 Å². The van der Waals surface area contributed by atoms with Crippen LogP contribution in [0.1, 0.15) is 300 Å². The van der Waals surface area contributed by atoms with Crippen LogP contribution in [0.4, 0.5) is 0 Å². The van der Waals surface area contributed by atoms with E-state index in [1.165, 1.54) is 77.0 Å². The van der Waals surface area contributed by atoms with Gasteiger partial charge in [0.25, 0.3) is 0 Å². The molecule has 0 aromatic heterocycles. The topological polar surface area (TPSA) is 268 Å². The van der Waals surface area contributed by atoms with E-state index in [0.717, 1.165) is 141 Å². The number of amides is 1. The molecule has 21 heteroatoms. The zero-order chi connectivity index (χ0) is 66.1. The van der Waals surface area contributed by atoms with Crippen LogP contribution < -0.4 is 5.32 Å². The van der Waals surface area contributed by atoms with Crippen LogP contribution in [0.2, 0.25) is 0 Å². The van der Waals surface area contributed by atoms with Gasteiger partial charge in [-0.1, -0.05) is 239 Å².